The quantitative estimate of drug-likeness (QED) is 0.392. The molecule has 2 unspecified atom stereocenters. The lowest BCUT2D eigenvalue weighted by molar-refractivity contribution is -0.142. The summed E-state index contributed by atoms with van der Waals surface area (Å²) in [6.07, 6.45) is 1.41. The van der Waals surface area contributed by atoms with E-state index in [1.807, 2.05) is 13.8 Å². The first-order valence-electron chi connectivity index (χ1n) is 14.0. The third-order valence-electron chi connectivity index (χ3n) is 8.75. The molecule has 0 radical (unpaired) electrons. The van der Waals surface area contributed by atoms with Crippen LogP contribution in [0.3, 0.4) is 0 Å². The lowest BCUT2D eigenvalue weighted by Crippen LogP contribution is -2.56. The zero-order valence-electron chi connectivity index (χ0n) is 23.0. The summed E-state index contributed by atoms with van der Waals surface area (Å²) in [4.78, 5) is 45.4. The molecule has 4 fully saturated rings. The summed E-state index contributed by atoms with van der Waals surface area (Å²) < 4.78 is 9.74. The first-order valence-corrected chi connectivity index (χ1v) is 14.8. The van der Waals surface area contributed by atoms with Gasteiger partial charge in [-0.3, -0.25) is 19.3 Å². The molecule has 11 heteroatoms. The minimum absolute atomic E-state index is 0.205. The van der Waals surface area contributed by atoms with Crippen LogP contribution in [0, 0.1) is 11.8 Å². The molecule has 4 aliphatic rings. The number of aliphatic hydroxyl groups is 1. The van der Waals surface area contributed by atoms with Crippen molar-refractivity contribution in [1.82, 2.24) is 15.1 Å². The van der Waals surface area contributed by atoms with E-state index in [0.717, 1.165) is 25.3 Å². The predicted molar refractivity (Wildman–Crippen MR) is 149 cm³/mol. The topological polar surface area (TPSA) is 120 Å². The number of nitrogens with zero attached hydrogens (tertiary/aromatic N) is 2. The van der Waals surface area contributed by atoms with Crippen LogP contribution in [0.25, 0.3) is 0 Å². The average molecular weight is 561 g/mol. The molecular weight excluding hydrogens is 520 g/mol. The van der Waals surface area contributed by atoms with E-state index >= 15 is 0 Å². The highest BCUT2D eigenvalue weighted by molar-refractivity contribution is 8.02. The van der Waals surface area contributed by atoms with Gasteiger partial charge in [-0.15, -0.1) is 11.8 Å². The Morgan fingerprint density at radius 3 is 2.59 bits per heavy atom. The Morgan fingerprint density at radius 1 is 1.21 bits per heavy atom. The molecule has 39 heavy (non-hydrogen) atoms. The van der Waals surface area contributed by atoms with E-state index in [1.54, 1.807) is 47.9 Å². The van der Waals surface area contributed by atoms with Gasteiger partial charge >= 0.3 is 0 Å². The molecule has 1 aromatic rings. The normalized spacial score (nSPS) is 32.7. The zero-order chi connectivity index (χ0) is 27.8. The first kappa shape index (κ1) is 28.2. The molecule has 3 N–H and O–H groups in total. The van der Waals surface area contributed by atoms with E-state index in [0.29, 0.717) is 45.0 Å². The van der Waals surface area contributed by atoms with Crippen LogP contribution in [-0.2, 0) is 19.1 Å². The molecule has 4 heterocycles. The fourth-order valence-corrected chi connectivity index (χ4v) is 9.25. The highest BCUT2D eigenvalue weighted by Crippen LogP contribution is 2.71. The SMILES string of the molecule is CCOc1ccc(NC(=O)[C@@H]2[C@H]3C(=O)N([C@H](C)CO)C(C(=O)NCCN4CCOCC4)C34CC[C@@]2(C)S4)cc1. The molecule has 2 bridgehead atoms. The van der Waals surface area contributed by atoms with Crippen molar-refractivity contribution >= 4 is 35.2 Å². The van der Waals surface area contributed by atoms with Gasteiger partial charge in [0.25, 0.3) is 0 Å². The number of carbonyl (C=O) groups excluding carboxylic acids is 3. The number of aliphatic hydroxyl groups excluding tert-OH is 1. The highest BCUT2D eigenvalue weighted by Gasteiger charge is 2.77. The molecule has 4 aliphatic heterocycles. The van der Waals surface area contributed by atoms with Crippen molar-refractivity contribution in [2.45, 2.75) is 55.2 Å². The van der Waals surface area contributed by atoms with Gasteiger partial charge in [0.15, 0.2) is 0 Å². The van der Waals surface area contributed by atoms with Gasteiger partial charge in [0.2, 0.25) is 17.7 Å². The van der Waals surface area contributed by atoms with Crippen molar-refractivity contribution in [1.29, 1.82) is 0 Å². The van der Waals surface area contributed by atoms with Crippen molar-refractivity contribution in [3.8, 4) is 5.75 Å². The van der Waals surface area contributed by atoms with Crippen LogP contribution in [0.4, 0.5) is 5.69 Å². The molecule has 5 rings (SSSR count). The molecule has 1 aromatic carbocycles. The van der Waals surface area contributed by atoms with Crippen LogP contribution >= 0.6 is 11.8 Å². The Kier molecular flexibility index (Phi) is 8.15. The average Bonchev–Trinajstić information content (AvgIpc) is 3.50. The summed E-state index contributed by atoms with van der Waals surface area (Å²) in [7, 11) is 0. The maximum atomic E-state index is 14.0. The zero-order valence-corrected chi connectivity index (χ0v) is 23.8. The Morgan fingerprint density at radius 2 is 1.92 bits per heavy atom. The number of fused-ring (bicyclic) bond motifs is 1. The van der Waals surface area contributed by atoms with Gasteiger partial charge in [-0.2, -0.15) is 0 Å². The highest BCUT2D eigenvalue weighted by atomic mass is 32.2. The molecule has 0 aliphatic carbocycles. The fraction of sp³-hybridized carbons (Fsp3) is 0.679. The Hall–Kier alpha value is -2.34. The molecule has 4 saturated heterocycles. The Balaban J connectivity index is 1.37. The van der Waals surface area contributed by atoms with Crippen molar-refractivity contribution < 1.29 is 29.0 Å². The number of likely N-dealkylation sites (tertiary alicyclic amines) is 1. The molecule has 1 spiro atoms. The predicted octanol–water partition coefficient (Wildman–Crippen LogP) is 1.33. The first-order chi connectivity index (χ1) is 18.7. The smallest absolute Gasteiger partial charge is 0.244 e. The van der Waals surface area contributed by atoms with Crippen molar-refractivity contribution in [3.63, 3.8) is 0 Å². The number of thioether (sulfide) groups is 1. The molecule has 3 amide bonds. The largest absolute Gasteiger partial charge is 0.494 e. The number of rotatable bonds is 10. The Bertz CT molecular complexity index is 1080. The molecule has 214 valence electrons. The van der Waals surface area contributed by atoms with Crippen LogP contribution in [0.1, 0.15) is 33.6 Å². The number of hydrogen-bond acceptors (Lipinski definition) is 8. The van der Waals surface area contributed by atoms with Gasteiger partial charge in [-0.1, -0.05) is 0 Å². The second kappa shape index (κ2) is 11.3. The van der Waals surface area contributed by atoms with Crippen molar-refractivity contribution in [3.05, 3.63) is 24.3 Å². The van der Waals surface area contributed by atoms with E-state index in [4.69, 9.17) is 9.47 Å². The number of ether oxygens (including phenoxy) is 2. The number of nitrogens with one attached hydrogen (secondary N) is 2. The van der Waals surface area contributed by atoms with Crippen LogP contribution in [-0.4, -0.2) is 107 Å². The van der Waals surface area contributed by atoms with Gasteiger partial charge in [-0.05, 0) is 57.9 Å². The minimum atomic E-state index is -0.739. The number of hydrogen-bond donors (Lipinski definition) is 3. The maximum absolute atomic E-state index is 14.0. The molecule has 10 nitrogen and oxygen atoms in total. The van der Waals surface area contributed by atoms with E-state index in [9.17, 15) is 19.5 Å². The molecule has 0 saturated carbocycles. The monoisotopic (exact) mass is 560 g/mol. The van der Waals surface area contributed by atoms with Crippen LogP contribution < -0.4 is 15.4 Å². The fourth-order valence-electron chi connectivity index (χ4n) is 6.91. The summed E-state index contributed by atoms with van der Waals surface area (Å²) in [5, 5.41) is 16.1. The summed E-state index contributed by atoms with van der Waals surface area (Å²) in [6.45, 7) is 10.2. The Labute approximate surface area is 234 Å². The van der Waals surface area contributed by atoms with Crippen molar-refractivity contribution in [2.75, 3.05) is 57.9 Å². The molecule has 6 atom stereocenters. The van der Waals surface area contributed by atoms with Crippen LogP contribution in [0.2, 0.25) is 0 Å². The second-order valence-corrected chi connectivity index (χ2v) is 13.1. The van der Waals surface area contributed by atoms with Gasteiger partial charge in [0, 0.05) is 36.6 Å². The van der Waals surface area contributed by atoms with E-state index in [1.165, 1.54) is 0 Å². The summed E-state index contributed by atoms with van der Waals surface area (Å²) in [6, 6.07) is 5.93. The standard InChI is InChI=1S/C28H40N4O6S/c1-4-38-20-7-5-19(6-8-20)30-24(34)21-22-26(36)32(18(2)17-33)23(28(22)10-9-27(21,3)39-28)25(35)29-11-12-31-13-15-37-16-14-31/h5-8,18,21-23,33H,4,9-17H2,1-3H3,(H,29,35)(H,30,34)/t18-,21+,22+,23?,27-,28?/m1/s1. The molecule has 0 aromatic heterocycles. The third kappa shape index (κ3) is 5.03. The number of amides is 3. The summed E-state index contributed by atoms with van der Waals surface area (Å²) >= 11 is 1.63. The van der Waals surface area contributed by atoms with Gasteiger partial charge in [0.1, 0.15) is 11.8 Å². The number of morpholine rings is 1. The van der Waals surface area contributed by atoms with Crippen LogP contribution in [0.5, 0.6) is 5.75 Å². The number of carbonyl (C=O) groups is 3. The van der Waals surface area contributed by atoms with E-state index in [-0.39, 0.29) is 24.3 Å². The summed E-state index contributed by atoms with van der Waals surface area (Å²) in [5.74, 6) is -1.13. The minimum Gasteiger partial charge on any atom is -0.494 e. The van der Waals surface area contributed by atoms with Gasteiger partial charge in [-0.25, -0.2) is 0 Å². The molecular formula is C28H40N4O6S. The summed E-state index contributed by atoms with van der Waals surface area (Å²) in [5.41, 5.74) is 0.636. The number of anilines is 1. The van der Waals surface area contributed by atoms with E-state index in [2.05, 4.69) is 15.5 Å². The van der Waals surface area contributed by atoms with Gasteiger partial charge in [0.05, 0.1) is 49.1 Å². The maximum Gasteiger partial charge on any atom is 0.244 e. The number of benzene rings is 1. The second-order valence-electron chi connectivity index (χ2n) is 11.2. The lowest BCUT2D eigenvalue weighted by Gasteiger charge is -2.36. The van der Waals surface area contributed by atoms with E-state index < -0.39 is 33.4 Å². The van der Waals surface area contributed by atoms with Gasteiger partial charge < -0.3 is 30.1 Å². The van der Waals surface area contributed by atoms with Crippen molar-refractivity contribution in [2.24, 2.45) is 11.8 Å². The van der Waals surface area contributed by atoms with Crippen LogP contribution in [0.15, 0.2) is 24.3 Å². The third-order valence-corrected chi connectivity index (χ3v) is 10.7. The lowest BCUT2D eigenvalue weighted by atomic mass is 9.66.